The first-order valence-corrected chi connectivity index (χ1v) is 7.08. The van der Waals surface area contributed by atoms with Crippen LogP contribution in [0, 0.1) is 0 Å². The summed E-state index contributed by atoms with van der Waals surface area (Å²) < 4.78 is 77.8. The predicted octanol–water partition coefficient (Wildman–Crippen LogP) is 3.73. The lowest BCUT2D eigenvalue weighted by Gasteiger charge is -2.17. The lowest BCUT2D eigenvalue weighted by molar-refractivity contribution is -0.161. The van der Waals surface area contributed by atoms with E-state index < -0.39 is 30.6 Å². The third kappa shape index (κ3) is 4.69. The van der Waals surface area contributed by atoms with Gasteiger partial charge in [0.25, 0.3) is 0 Å². The second-order valence-electron chi connectivity index (χ2n) is 4.73. The van der Waals surface area contributed by atoms with Gasteiger partial charge >= 0.3 is 18.2 Å². The predicted molar refractivity (Wildman–Crippen MR) is 69.8 cm³/mol. The van der Waals surface area contributed by atoms with Crippen LogP contribution in [0.2, 0.25) is 0 Å². The van der Waals surface area contributed by atoms with Crippen LogP contribution in [0.5, 0.6) is 0 Å². The molecule has 2 aromatic rings. The van der Waals surface area contributed by atoms with Crippen molar-refractivity contribution >= 4 is 17.2 Å². The van der Waals surface area contributed by atoms with E-state index in [2.05, 4.69) is 14.7 Å². The Labute approximate surface area is 134 Å². The zero-order valence-corrected chi connectivity index (χ0v) is 12.7. The number of hydrogen-bond acceptors (Lipinski definition) is 5. The Morgan fingerprint density at radius 1 is 1.25 bits per heavy atom. The number of amides is 1. The summed E-state index contributed by atoms with van der Waals surface area (Å²) in [5.41, 5.74) is 0. The van der Waals surface area contributed by atoms with E-state index in [0.29, 0.717) is 4.88 Å². The molecule has 0 spiro atoms. The minimum Gasteiger partial charge on any atom is -0.340 e. The number of aromatic nitrogens is 2. The van der Waals surface area contributed by atoms with Crippen molar-refractivity contribution in [3.63, 3.8) is 0 Å². The minimum atomic E-state index is -4.77. The fourth-order valence-corrected chi connectivity index (χ4v) is 2.64. The molecule has 0 atom stereocenters. The summed E-state index contributed by atoms with van der Waals surface area (Å²) in [6, 6.07) is 2.86. The van der Waals surface area contributed by atoms with Crippen LogP contribution in [-0.2, 0) is 17.5 Å². The van der Waals surface area contributed by atoms with Crippen LogP contribution in [0.25, 0.3) is 10.7 Å². The number of halogens is 6. The van der Waals surface area contributed by atoms with Crippen LogP contribution in [0.4, 0.5) is 26.3 Å². The van der Waals surface area contributed by atoms with Gasteiger partial charge in [0.15, 0.2) is 0 Å². The van der Waals surface area contributed by atoms with Crippen LogP contribution in [0.15, 0.2) is 16.7 Å². The van der Waals surface area contributed by atoms with E-state index in [4.69, 9.17) is 0 Å². The van der Waals surface area contributed by atoms with Gasteiger partial charge in [-0.1, -0.05) is 5.16 Å². The Morgan fingerprint density at radius 3 is 2.46 bits per heavy atom. The van der Waals surface area contributed by atoms with Crippen LogP contribution < -0.4 is 0 Å². The van der Waals surface area contributed by atoms with Gasteiger partial charge in [0.1, 0.15) is 6.42 Å². The first-order valence-electron chi connectivity index (χ1n) is 6.26. The third-order valence-electron chi connectivity index (χ3n) is 2.72. The zero-order valence-electron chi connectivity index (χ0n) is 11.9. The molecule has 2 aromatic heterocycles. The molecule has 132 valence electrons. The summed E-state index contributed by atoms with van der Waals surface area (Å²) >= 11 is 0.946. The molecule has 0 bridgehead atoms. The third-order valence-corrected chi connectivity index (χ3v) is 3.79. The lowest BCUT2D eigenvalue weighted by Crippen LogP contribution is -2.30. The Morgan fingerprint density at radius 2 is 1.92 bits per heavy atom. The van der Waals surface area contributed by atoms with E-state index in [1.165, 1.54) is 19.2 Å². The van der Waals surface area contributed by atoms with Gasteiger partial charge in [0.05, 0.1) is 11.4 Å². The molecule has 1 amide bonds. The molecule has 24 heavy (non-hydrogen) atoms. The van der Waals surface area contributed by atoms with Crippen molar-refractivity contribution in [1.82, 2.24) is 15.0 Å². The first-order chi connectivity index (χ1) is 11.0. The standard InChI is InChI=1S/C12H9F6N3O2S/c1-21(8(22)4-11(13,14)15)5-6-2-3-7(24-6)9-19-10(23-20-9)12(16,17)18/h2-3H,4-5H2,1H3. The van der Waals surface area contributed by atoms with E-state index in [9.17, 15) is 31.1 Å². The normalized spacial score (nSPS) is 12.5. The lowest BCUT2D eigenvalue weighted by atomic mass is 10.3. The highest BCUT2D eigenvalue weighted by Crippen LogP contribution is 2.32. The monoisotopic (exact) mass is 373 g/mol. The average Bonchev–Trinajstić information content (AvgIpc) is 3.03. The molecule has 0 saturated heterocycles. The van der Waals surface area contributed by atoms with Gasteiger partial charge in [-0.15, -0.1) is 11.3 Å². The van der Waals surface area contributed by atoms with Gasteiger partial charge in [0, 0.05) is 11.9 Å². The highest BCUT2D eigenvalue weighted by atomic mass is 32.1. The molecule has 0 radical (unpaired) electrons. The molecule has 12 heteroatoms. The van der Waals surface area contributed by atoms with Crippen molar-refractivity contribution in [2.75, 3.05) is 7.05 Å². The Balaban J connectivity index is 2.05. The Hall–Kier alpha value is -2.11. The zero-order chi connectivity index (χ0) is 18.1. The molecule has 0 aliphatic rings. The van der Waals surface area contributed by atoms with E-state index in [0.717, 1.165) is 16.2 Å². The summed E-state index contributed by atoms with van der Waals surface area (Å²) in [6.45, 7) is -0.121. The van der Waals surface area contributed by atoms with Gasteiger partial charge in [-0.2, -0.15) is 31.3 Å². The molecular weight excluding hydrogens is 364 g/mol. The van der Waals surface area contributed by atoms with Gasteiger partial charge in [-0.05, 0) is 12.1 Å². The summed E-state index contributed by atoms with van der Waals surface area (Å²) in [4.78, 5) is 16.2. The second-order valence-corrected chi connectivity index (χ2v) is 5.90. The number of alkyl halides is 6. The fourth-order valence-electron chi connectivity index (χ4n) is 1.65. The van der Waals surface area contributed by atoms with E-state index in [1.54, 1.807) is 0 Å². The topological polar surface area (TPSA) is 59.2 Å². The molecular formula is C12H9F6N3O2S. The Kier molecular flexibility index (Phi) is 4.87. The van der Waals surface area contributed by atoms with Gasteiger partial charge in [-0.25, -0.2) is 0 Å². The maximum absolute atomic E-state index is 12.4. The molecule has 0 aliphatic heterocycles. The van der Waals surface area contributed by atoms with Crippen molar-refractivity contribution in [2.45, 2.75) is 25.3 Å². The maximum Gasteiger partial charge on any atom is 0.471 e. The largest absolute Gasteiger partial charge is 0.471 e. The molecule has 2 rings (SSSR count). The van der Waals surface area contributed by atoms with Gasteiger partial charge in [0.2, 0.25) is 11.7 Å². The second kappa shape index (κ2) is 6.42. The van der Waals surface area contributed by atoms with Crippen LogP contribution in [0.3, 0.4) is 0 Å². The molecule has 2 heterocycles. The molecule has 5 nitrogen and oxygen atoms in total. The molecule has 0 fully saturated rings. The number of thiophene rings is 1. The smallest absolute Gasteiger partial charge is 0.340 e. The molecule has 0 unspecified atom stereocenters. The number of rotatable bonds is 4. The SMILES string of the molecule is CN(Cc1ccc(-c2noc(C(F)(F)F)n2)s1)C(=O)CC(F)(F)F. The van der Waals surface area contributed by atoms with Crippen molar-refractivity contribution in [3.05, 3.63) is 22.9 Å². The number of carbonyl (C=O) groups is 1. The van der Waals surface area contributed by atoms with E-state index in [-0.39, 0.29) is 17.2 Å². The molecule has 0 aliphatic carbocycles. The Bertz CT molecular complexity index is 721. The summed E-state index contributed by atoms with van der Waals surface area (Å²) in [5.74, 6) is -2.90. The maximum atomic E-state index is 12.4. The minimum absolute atomic E-state index is 0.121. The summed E-state index contributed by atoms with van der Waals surface area (Å²) in [7, 11) is 1.20. The summed E-state index contributed by atoms with van der Waals surface area (Å²) in [6.07, 6.45) is -11.0. The number of nitrogens with zero attached hydrogens (tertiary/aromatic N) is 3. The molecule has 0 aromatic carbocycles. The molecule has 0 saturated carbocycles. The summed E-state index contributed by atoms with van der Waals surface area (Å²) in [5, 5.41) is 3.20. The van der Waals surface area contributed by atoms with E-state index in [1.807, 2.05) is 0 Å². The van der Waals surface area contributed by atoms with Crippen molar-refractivity contribution < 1.29 is 35.7 Å². The highest BCUT2D eigenvalue weighted by molar-refractivity contribution is 7.15. The van der Waals surface area contributed by atoms with Crippen molar-refractivity contribution in [2.24, 2.45) is 0 Å². The van der Waals surface area contributed by atoms with Gasteiger partial charge in [-0.3, -0.25) is 4.79 Å². The highest BCUT2D eigenvalue weighted by Gasteiger charge is 2.38. The number of carbonyl (C=O) groups excluding carboxylic acids is 1. The van der Waals surface area contributed by atoms with Gasteiger partial charge < -0.3 is 9.42 Å². The fraction of sp³-hybridized carbons (Fsp3) is 0.417. The quantitative estimate of drug-likeness (QED) is 0.767. The van der Waals surface area contributed by atoms with E-state index >= 15 is 0 Å². The van der Waals surface area contributed by atoms with Crippen LogP contribution >= 0.6 is 11.3 Å². The molecule has 0 N–H and O–H groups in total. The van der Waals surface area contributed by atoms with Crippen LogP contribution in [0.1, 0.15) is 17.2 Å². The van der Waals surface area contributed by atoms with Crippen LogP contribution in [-0.4, -0.2) is 34.2 Å². The van der Waals surface area contributed by atoms with Crippen molar-refractivity contribution in [3.8, 4) is 10.7 Å². The average molecular weight is 373 g/mol. The van der Waals surface area contributed by atoms with Crippen molar-refractivity contribution in [1.29, 1.82) is 0 Å². The first kappa shape index (κ1) is 18.2. The number of hydrogen-bond donors (Lipinski definition) is 0.